The van der Waals surface area contributed by atoms with E-state index in [1.54, 1.807) is 0 Å². The van der Waals surface area contributed by atoms with Crippen molar-refractivity contribution in [1.82, 2.24) is 0 Å². The van der Waals surface area contributed by atoms with Gasteiger partial charge in [0.1, 0.15) is 24.4 Å². The van der Waals surface area contributed by atoms with Gasteiger partial charge in [-0.15, -0.1) is 0 Å². The monoisotopic (exact) mass is 318 g/mol. The van der Waals surface area contributed by atoms with Crippen molar-refractivity contribution in [2.45, 2.75) is 30.7 Å². The van der Waals surface area contributed by atoms with Crippen LogP contribution < -0.4 is 0 Å². The van der Waals surface area contributed by atoms with E-state index in [1.807, 2.05) is 0 Å². The fourth-order valence-electron chi connectivity index (χ4n) is 1.55. The smallest absolute Gasteiger partial charge is 0.198 e. The highest BCUT2D eigenvalue weighted by Crippen LogP contribution is 2.22. The van der Waals surface area contributed by atoms with E-state index in [0.717, 1.165) is 6.26 Å². The van der Waals surface area contributed by atoms with Gasteiger partial charge in [0.05, 0.1) is 13.2 Å². The molecule has 0 radical (unpaired) electrons. The van der Waals surface area contributed by atoms with Crippen molar-refractivity contribution < 1.29 is 38.3 Å². The third-order valence-corrected chi connectivity index (χ3v) is 5.06. The summed E-state index contributed by atoms with van der Waals surface area (Å²) in [4.78, 5) is 0. The Hall–Kier alpha value is 0.0600. The van der Waals surface area contributed by atoms with Gasteiger partial charge in [0.25, 0.3) is 0 Å². The second-order valence-corrected chi connectivity index (χ2v) is 8.67. The van der Waals surface area contributed by atoms with Gasteiger partial charge in [0.2, 0.25) is 0 Å². The summed E-state index contributed by atoms with van der Waals surface area (Å²) in [6, 6.07) is 0. The molecule has 1 aliphatic rings. The molecule has 1 heterocycles. The second kappa shape index (κ2) is 7.18. The molecule has 8 nitrogen and oxygen atoms in total. The molecule has 0 aromatic rings. The third-order valence-electron chi connectivity index (χ3n) is 2.51. The van der Waals surface area contributed by atoms with Gasteiger partial charge in [0.15, 0.2) is 15.2 Å². The van der Waals surface area contributed by atoms with Crippen molar-refractivity contribution in [1.29, 1.82) is 0 Å². The Morgan fingerprint density at radius 2 is 1.84 bits per heavy atom. The Morgan fingerprint density at radius 1 is 1.21 bits per heavy atom. The maximum Gasteiger partial charge on any atom is 0.198 e. The molecule has 0 unspecified atom stereocenters. The molecule has 1 fully saturated rings. The molecule has 0 aromatic heterocycles. The predicted octanol–water partition coefficient (Wildman–Crippen LogP) is -2.50. The van der Waals surface area contributed by atoms with Crippen LogP contribution in [0, 0.1) is 0 Å². The van der Waals surface area contributed by atoms with Crippen LogP contribution in [0.2, 0.25) is 0 Å². The van der Waals surface area contributed by atoms with Crippen LogP contribution in [0.25, 0.3) is 0 Å². The van der Waals surface area contributed by atoms with Crippen molar-refractivity contribution in [3.05, 3.63) is 0 Å². The lowest BCUT2D eigenvalue weighted by Crippen LogP contribution is -2.59. The standard InChI is InChI=1S/C9H18O8S2/c1-19(14,15)18-3-2-16-9-8(13)7(12)6(11)5(4-10)17-9/h5-13H,2-4H2,1H3/t5-,6-,7+,8-,9+/m1/s1. The van der Waals surface area contributed by atoms with Crippen LogP contribution in [-0.2, 0) is 18.3 Å². The first-order chi connectivity index (χ1) is 8.76. The summed E-state index contributed by atoms with van der Waals surface area (Å²) in [5.74, 6) is 0.133. The van der Waals surface area contributed by atoms with Crippen LogP contribution in [0.15, 0.2) is 0 Å². The van der Waals surface area contributed by atoms with Crippen molar-refractivity contribution in [2.75, 3.05) is 25.2 Å². The van der Waals surface area contributed by atoms with E-state index in [9.17, 15) is 23.7 Å². The molecular weight excluding hydrogens is 300 g/mol. The lowest BCUT2D eigenvalue weighted by molar-refractivity contribution is -0.299. The number of ether oxygens (including phenoxy) is 2. The average Bonchev–Trinajstić information content (AvgIpc) is 2.33. The minimum absolute atomic E-state index is 0.0274. The highest BCUT2D eigenvalue weighted by Gasteiger charge is 2.43. The molecule has 19 heavy (non-hydrogen) atoms. The lowest BCUT2D eigenvalue weighted by Gasteiger charge is -2.39. The molecule has 0 aliphatic carbocycles. The fourth-order valence-corrected chi connectivity index (χ4v) is 3.13. The Bertz CT molecular complexity index is 370. The number of rotatable bonds is 6. The Morgan fingerprint density at radius 3 is 2.37 bits per heavy atom. The predicted molar refractivity (Wildman–Crippen MR) is 67.0 cm³/mol. The van der Waals surface area contributed by atoms with Crippen molar-refractivity contribution in [2.24, 2.45) is 0 Å². The van der Waals surface area contributed by atoms with Crippen LogP contribution >= 0.6 is 10.8 Å². The van der Waals surface area contributed by atoms with E-state index in [4.69, 9.17) is 14.6 Å². The van der Waals surface area contributed by atoms with Gasteiger partial charge in [-0.05, 0) is 10.8 Å². The van der Waals surface area contributed by atoms with E-state index >= 15 is 0 Å². The topological polar surface area (TPSA) is 134 Å². The van der Waals surface area contributed by atoms with Crippen LogP contribution in [0.4, 0.5) is 0 Å². The highest BCUT2D eigenvalue weighted by molar-refractivity contribution is 8.71. The summed E-state index contributed by atoms with van der Waals surface area (Å²) in [6.45, 7) is -0.566. The number of aliphatic hydroxyl groups excluding tert-OH is 4. The fraction of sp³-hybridized carbons (Fsp3) is 1.00. The summed E-state index contributed by atoms with van der Waals surface area (Å²) in [6.07, 6.45) is -5.61. The van der Waals surface area contributed by atoms with Gasteiger partial charge >= 0.3 is 0 Å². The molecule has 0 aromatic carbocycles. The molecular formula is C9H18O8S2. The van der Waals surface area contributed by atoms with Crippen LogP contribution in [0.1, 0.15) is 0 Å². The van der Waals surface area contributed by atoms with Crippen molar-refractivity contribution in [3.8, 4) is 0 Å². The number of hydrogen-bond donors (Lipinski definition) is 4. The number of aliphatic hydroxyl groups is 4. The average molecular weight is 318 g/mol. The quantitative estimate of drug-likeness (QED) is 0.309. The maximum atomic E-state index is 10.9. The zero-order valence-electron chi connectivity index (χ0n) is 10.2. The van der Waals surface area contributed by atoms with Crippen molar-refractivity contribution in [3.63, 3.8) is 0 Å². The minimum Gasteiger partial charge on any atom is -0.394 e. The summed E-state index contributed by atoms with van der Waals surface area (Å²) in [5, 5.41) is 37.6. The highest BCUT2D eigenvalue weighted by atomic mass is 33.1. The van der Waals surface area contributed by atoms with Gasteiger partial charge in [-0.1, -0.05) is 0 Å². The zero-order chi connectivity index (χ0) is 14.6. The molecule has 5 atom stereocenters. The van der Waals surface area contributed by atoms with Crippen LogP contribution in [0.5, 0.6) is 0 Å². The van der Waals surface area contributed by atoms with E-state index in [0.29, 0.717) is 10.8 Å². The molecule has 1 saturated heterocycles. The summed E-state index contributed by atoms with van der Waals surface area (Å²) in [7, 11) is -2.49. The Balaban J connectivity index is 2.44. The lowest BCUT2D eigenvalue weighted by atomic mass is 9.99. The molecule has 10 heteroatoms. The first kappa shape index (κ1) is 17.1. The van der Waals surface area contributed by atoms with Gasteiger partial charge in [-0.25, -0.2) is 8.42 Å². The maximum absolute atomic E-state index is 10.9. The van der Waals surface area contributed by atoms with Gasteiger partial charge in [-0.2, -0.15) is 0 Å². The molecule has 0 bridgehead atoms. The Labute approximate surface area is 114 Å². The molecule has 0 saturated carbocycles. The van der Waals surface area contributed by atoms with Gasteiger partial charge in [-0.3, -0.25) is 0 Å². The Kier molecular flexibility index (Phi) is 6.47. The third kappa shape index (κ3) is 5.16. The van der Waals surface area contributed by atoms with E-state index in [-0.39, 0.29) is 12.4 Å². The number of hydrogen-bond acceptors (Lipinski definition) is 9. The van der Waals surface area contributed by atoms with E-state index < -0.39 is 46.2 Å². The van der Waals surface area contributed by atoms with Crippen molar-refractivity contribution >= 4 is 19.7 Å². The van der Waals surface area contributed by atoms with Gasteiger partial charge < -0.3 is 29.9 Å². The summed E-state index contributed by atoms with van der Waals surface area (Å²) >= 11 is 0. The minimum atomic E-state index is -3.17. The SMILES string of the molecule is CS(=O)(=O)SCCO[C@H]1O[C@H](CO)[C@@H](O)[C@H](O)[C@H]1O. The zero-order valence-corrected chi connectivity index (χ0v) is 11.9. The normalized spacial score (nSPS) is 36.4. The van der Waals surface area contributed by atoms with E-state index in [1.165, 1.54) is 0 Å². The summed E-state index contributed by atoms with van der Waals surface area (Å²) in [5.41, 5.74) is 0. The molecule has 1 rings (SSSR count). The molecule has 0 spiro atoms. The van der Waals surface area contributed by atoms with Crippen LogP contribution in [-0.4, -0.2) is 84.8 Å². The summed E-state index contributed by atoms with van der Waals surface area (Å²) < 4.78 is 31.9. The largest absolute Gasteiger partial charge is 0.394 e. The molecule has 1 aliphatic heterocycles. The molecule has 4 N–H and O–H groups in total. The molecule has 0 amide bonds. The first-order valence-electron chi connectivity index (χ1n) is 5.53. The van der Waals surface area contributed by atoms with E-state index in [2.05, 4.69) is 0 Å². The van der Waals surface area contributed by atoms with Gasteiger partial charge in [0, 0.05) is 12.0 Å². The second-order valence-electron chi connectivity index (χ2n) is 4.09. The van der Waals surface area contributed by atoms with Crippen LogP contribution in [0.3, 0.4) is 0 Å². The first-order valence-corrected chi connectivity index (χ1v) is 8.92. The molecule has 114 valence electrons.